The Morgan fingerprint density at radius 1 is 1.45 bits per heavy atom. The summed E-state index contributed by atoms with van der Waals surface area (Å²) < 4.78 is 39.6. The van der Waals surface area contributed by atoms with Crippen molar-refractivity contribution in [2.24, 2.45) is 11.3 Å². The molecule has 2 saturated carbocycles. The van der Waals surface area contributed by atoms with Crippen LogP contribution in [0, 0.1) is 29.6 Å². The van der Waals surface area contributed by atoms with Crippen LogP contribution in [0.5, 0.6) is 0 Å². The van der Waals surface area contributed by atoms with Gasteiger partial charge in [-0.05, 0) is 47.0 Å². The van der Waals surface area contributed by atoms with E-state index in [-0.39, 0.29) is 37.9 Å². The van der Waals surface area contributed by atoms with Gasteiger partial charge in [0.15, 0.2) is 0 Å². The Morgan fingerprint density at radius 3 is 2.71 bits per heavy atom. The van der Waals surface area contributed by atoms with Gasteiger partial charge in [0.05, 0.1) is 25.1 Å². The van der Waals surface area contributed by atoms with Gasteiger partial charge in [0.1, 0.15) is 12.3 Å². The van der Waals surface area contributed by atoms with Crippen molar-refractivity contribution in [1.29, 1.82) is 5.26 Å². The maximum Gasteiger partial charge on any atom is 0.328 e. The normalized spacial score (nSPS) is 31.0. The molecule has 31 heavy (non-hydrogen) atoms. The maximum atomic E-state index is 15.9. The van der Waals surface area contributed by atoms with Crippen LogP contribution in [0.3, 0.4) is 0 Å². The van der Waals surface area contributed by atoms with Gasteiger partial charge in [-0.2, -0.15) is 5.26 Å². The number of H-pyrrole nitrogens is 1. The third-order valence-electron chi connectivity index (χ3n) is 6.11. The Bertz CT molecular complexity index is 972. The minimum Gasteiger partial charge on any atom is -0.321 e. The van der Waals surface area contributed by atoms with E-state index >= 15 is 4.39 Å². The van der Waals surface area contributed by atoms with Gasteiger partial charge in [0.2, 0.25) is 0 Å². The smallest absolute Gasteiger partial charge is 0.321 e. The summed E-state index contributed by atoms with van der Waals surface area (Å²) in [7, 11) is -1.68. The number of aromatic amines is 1. The van der Waals surface area contributed by atoms with Crippen molar-refractivity contribution in [3.63, 3.8) is 0 Å². The van der Waals surface area contributed by atoms with Crippen molar-refractivity contribution in [3.8, 4) is 6.07 Å². The molecule has 2 aliphatic carbocycles. The largest absolute Gasteiger partial charge is 0.328 e. The van der Waals surface area contributed by atoms with Crippen molar-refractivity contribution in [2.45, 2.75) is 84.8 Å². The minimum absolute atomic E-state index is 0.0267. The quantitative estimate of drug-likeness (QED) is 0.452. The van der Waals surface area contributed by atoms with Crippen LogP contribution in [0.4, 0.5) is 4.39 Å². The highest BCUT2D eigenvalue weighted by Crippen LogP contribution is 2.70. The minimum atomic E-state index is -1.68. The average molecular weight is 455 g/mol. The van der Waals surface area contributed by atoms with Gasteiger partial charge in [-0.25, -0.2) is 13.9 Å². The SMILES string of the molecule is [2H]C[C@@]12C[C@@H]1[C@@H](n1cc(C)c(=O)[nH]c1=O)[C@@H](F)[C@@H]2OP(OCCC#N)N(C(C)C)C(C)C. The summed E-state index contributed by atoms with van der Waals surface area (Å²) in [5, 5.41) is 8.90. The first kappa shape index (κ1) is 22.6. The number of aryl methyl sites for hydroxylation is 1. The third-order valence-corrected chi connectivity index (χ3v) is 8.22. The summed E-state index contributed by atoms with van der Waals surface area (Å²) in [5.74, 6) is -0.231. The topological polar surface area (TPSA) is 100 Å². The van der Waals surface area contributed by atoms with Crippen molar-refractivity contribution in [3.05, 3.63) is 32.6 Å². The molecule has 1 N–H and O–H groups in total. The first-order valence-electron chi connectivity index (χ1n) is 11.3. The van der Waals surface area contributed by atoms with Crippen LogP contribution in [0.15, 0.2) is 15.8 Å². The van der Waals surface area contributed by atoms with Crippen LogP contribution in [0.2, 0.25) is 0 Å². The van der Waals surface area contributed by atoms with E-state index in [1.54, 1.807) is 6.92 Å². The lowest BCUT2D eigenvalue weighted by atomic mass is 10.0. The number of rotatable bonds is 9. The van der Waals surface area contributed by atoms with Gasteiger partial charge in [0.25, 0.3) is 14.1 Å². The average Bonchev–Trinajstić information content (AvgIpc) is 3.39. The third kappa shape index (κ3) is 4.49. The summed E-state index contributed by atoms with van der Waals surface area (Å²) in [6, 6.07) is 1.35. The number of hydrogen-bond donors (Lipinski definition) is 1. The number of aromatic nitrogens is 2. The summed E-state index contributed by atoms with van der Waals surface area (Å²) >= 11 is 0. The fourth-order valence-electron chi connectivity index (χ4n) is 4.57. The number of nitrogens with zero attached hydrogens (tertiary/aromatic N) is 3. The lowest BCUT2D eigenvalue weighted by molar-refractivity contribution is 0.0371. The summed E-state index contributed by atoms with van der Waals surface area (Å²) in [5.41, 5.74) is -1.52. The van der Waals surface area contributed by atoms with E-state index in [0.717, 1.165) is 0 Å². The second-order valence-corrected chi connectivity index (χ2v) is 10.4. The number of hydrogen-bond acceptors (Lipinski definition) is 6. The van der Waals surface area contributed by atoms with Gasteiger partial charge >= 0.3 is 5.69 Å². The highest BCUT2D eigenvalue weighted by Gasteiger charge is 2.71. The van der Waals surface area contributed by atoms with Gasteiger partial charge < -0.3 is 9.05 Å². The van der Waals surface area contributed by atoms with Gasteiger partial charge in [-0.1, -0.05) is 6.90 Å². The number of fused-ring (bicyclic) bond motifs is 1. The zero-order valence-corrected chi connectivity index (χ0v) is 19.6. The molecule has 8 nitrogen and oxygen atoms in total. The van der Waals surface area contributed by atoms with E-state index in [0.29, 0.717) is 12.0 Å². The standard InChI is InChI=1S/C21H32FN4O4P/c1-12(2)26(13(3)4)31(29-9-7-8-23)30-18-16(22)17(15-10-21(15,18)6)25-11-14(5)19(27)24-20(25)28/h11-13,15-18H,7,9-10H2,1-6H3,(H,24,27,28)/t15-,16-,17-,18+,21-,31?/m1/s1/i6D. The maximum absolute atomic E-state index is 15.9. The van der Waals surface area contributed by atoms with Crippen LogP contribution in [0.25, 0.3) is 0 Å². The van der Waals surface area contributed by atoms with E-state index in [1.165, 1.54) is 10.8 Å². The molecule has 0 spiro atoms. The van der Waals surface area contributed by atoms with Gasteiger partial charge in [-0.3, -0.25) is 14.3 Å². The zero-order valence-electron chi connectivity index (χ0n) is 19.7. The Hall–Kier alpha value is -1.59. The molecule has 0 saturated heterocycles. The molecule has 0 amide bonds. The highest BCUT2D eigenvalue weighted by atomic mass is 31.2. The molecule has 1 aromatic heterocycles. The zero-order chi connectivity index (χ0) is 23.8. The van der Waals surface area contributed by atoms with E-state index in [1.807, 2.05) is 38.4 Å². The van der Waals surface area contributed by atoms with Crippen molar-refractivity contribution >= 4 is 8.53 Å². The highest BCUT2D eigenvalue weighted by molar-refractivity contribution is 7.44. The lowest BCUT2D eigenvalue weighted by Gasteiger charge is -2.38. The van der Waals surface area contributed by atoms with Crippen molar-refractivity contribution in [1.82, 2.24) is 14.2 Å². The van der Waals surface area contributed by atoms with Crippen LogP contribution >= 0.6 is 8.53 Å². The van der Waals surface area contributed by atoms with Gasteiger partial charge in [0, 0.05) is 30.6 Å². The second kappa shape index (κ2) is 9.11. The predicted octanol–water partition coefficient (Wildman–Crippen LogP) is 3.43. The number of nitriles is 1. The van der Waals surface area contributed by atoms with Crippen molar-refractivity contribution < 1.29 is 14.8 Å². The first-order chi connectivity index (χ1) is 15.1. The summed E-state index contributed by atoms with van der Waals surface area (Å²) in [6.07, 6.45) is -0.289. The van der Waals surface area contributed by atoms with E-state index in [4.69, 9.17) is 15.7 Å². The Labute approximate surface area is 184 Å². The molecule has 6 atom stereocenters. The molecule has 2 aliphatic rings. The second-order valence-electron chi connectivity index (χ2n) is 9.03. The summed E-state index contributed by atoms with van der Waals surface area (Å²) in [6.45, 7) is 9.71. The van der Waals surface area contributed by atoms with E-state index in [2.05, 4.69) is 4.98 Å². The summed E-state index contributed by atoms with van der Waals surface area (Å²) in [4.78, 5) is 26.5. The molecule has 10 heteroatoms. The van der Waals surface area contributed by atoms with E-state index < -0.39 is 43.5 Å². The molecule has 1 heterocycles. The van der Waals surface area contributed by atoms with Crippen molar-refractivity contribution in [2.75, 3.05) is 6.61 Å². The van der Waals surface area contributed by atoms with Crippen LogP contribution in [0.1, 0.15) is 60.4 Å². The Morgan fingerprint density at radius 2 is 2.13 bits per heavy atom. The molecule has 0 bridgehead atoms. The fraction of sp³-hybridized carbons (Fsp3) is 0.762. The predicted molar refractivity (Wildman–Crippen MR) is 116 cm³/mol. The fourth-order valence-corrected chi connectivity index (χ4v) is 6.39. The van der Waals surface area contributed by atoms with Crippen LogP contribution < -0.4 is 11.2 Å². The molecule has 0 radical (unpaired) electrons. The number of alkyl halides is 1. The Kier molecular flexibility index (Phi) is 6.64. The first-order valence-corrected chi connectivity index (χ1v) is 11.7. The number of halogens is 1. The monoisotopic (exact) mass is 455 g/mol. The molecule has 2 fully saturated rings. The molecule has 172 valence electrons. The molecular formula is C21H32FN4O4P. The molecule has 3 rings (SSSR count). The molecule has 0 aliphatic heterocycles. The van der Waals surface area contributed by atoms with Crippen LogP contribution in [-0.4, -0.2) is 45.2 Å². The van der Waals surface area contributed by atoms with E-state index in [9.17, 15) is 9.59 Å². The molecule has 1 unspecified atom stereocenters. The number of nitrogens with one attached hydrogen (secondary N) is 1. The Balaban J connectivity index is 1.93. The van der Waals surface area contributed by atoms with Gasteiger partial charge in [-0.15, -0.1) is 0 Å². The van der Waals surface area contributed by atoms with Crippen LogP contribution in [-0.2, 0) is 9.05 Å². The molecule has 1 aromatic rings. The molecular weight excluding hydrogens is 422 g/mol. The lowest BCUT2D eigenvalue weighted by Crippen LogP contribution is -2.40. The molecule has 0 aromatic carbocycles.